The smallest absolute Gasteiger partial charge is 0.420 e. The average molecular weight is 271 g/mol. The highest BCUT2D eigenvalue weighted by Crippen LogP contribution is 2.40. The lowest BCUT2D eigenvalue weighted by Crippen LogP contribution is -2.18. The lowest BCUT2D eigenvalue weighted by Gasteiger charge is -2.16. The number of rotatable bonds is 3. The van der Waals surface area contributed by atoms with Crippen LogP contribution in [0.3, 0.4) is 0 Å². The summed E-state index contributed by atoms with van der Waals surface area (Å²) in [5, 5.41) is 8.65. The second-order valence-corrected chi connectivity index (χ2v) is 3.07. The average Bonchev–Trinajstić information content (AvgIpc) is 2.25. The molecule has 0 aliphatic carbocycles. The first-order chi connectivity index (χ1) is 8.20. The van der Waals surface area contributed by atoms with Gasteiger partial charge in [-0.1, -0.05) is 0 Å². The number of aromatic nitrogens is 1. The van der Waals surface area contributed by atoms with Crippen molar-refractivity contribution in [3.8, 4) is 5.75 Å². The van der Waals surface area contributed by atoms with Gasteiger partial charge in [0.05, 0.1) is 13.3 Å². The standard InChI is InChI=1S/C9H6F5NO3/c1-18-3-2-15-6(7(10)11)4(8(16)17)5(3)9(12,13)14/h2,7H,1H3,(H,16,17). The fourth-order valence-electron chi connectivity index (χ4n) is 1.33. The summed E-state index contributed by atoms with van der Waals surface area (Å²) in [6.07, 6.45) is -8.18. The molecule has 0 unspecified atom stereocenters. The third-order valence-electron chi connectivity index (χ3n) is 2.00. The van der Waals surface area contributed by atoms with Crippen LogP contribution in [-0.2, 0) is 6.18 Å². The summed E-state index contributed by atoms with van der Waals surface area (Å²) in [5.74, 6) is -3.08. The second kappa shape index (κ2) is 4.75. The van der Waals surface area contributed by atoms with Gasteiger partial charge in [-0.05, 0) is 0 Å². The van der Waals surface area contributed by atoms with Crippen LogP contribution in [-0.4, -0.2) is 23.2 Å². The molecule has 0 spiro atoms. The minimum atomic E-state index is -5.15. The molecule has 4 nitrogen and oxygen atoms in total. The van der Waals surface area contributed by atoms with E-state index >= 15 is 0 Å². The molecule has 0 radical (unpaired) electrons. The third kappa shape index (κ3) is 2.49. The van der Waals surface area contributed by atoms with Gasteiger partial charge in [0.2, 0.25) is 0 Å². The Morgan fingerprint density at radius 2 is 2.00 bits per heavy atom. The molecular formula is C9H6F5NO3. The molecule has 0 aromatic carbocycles. The van der Waals surface area contributed by atoms with E-state index in [9.17, 15) is 26.7 Å². The molecule has 0 aliphatic heterocycles. The SMILES string of the molecule is COc1cnc(C(F)F)c(C(=O)O)c1C(F)(F)F. The first kappa shape index (κ1) is 14.1. The van der Waals surface area contributed by atoms with Crippen LogP contribution in [0.2, 0.25) is 0 Å². The Bertz CT molecular complexity index is 472. The fourth-order valence-corrected chi connectivity index (χ4v) is 1.33. The minimum absolute atomic E-state index is 0.413. The predicted molar refractivity (Wildman–Crippen MR) is 47.7 cm³/mol. The van der Waals surface area contributed by atoms with Crippen molar-refractivity contribution >= 4 is 5.97 Å². The van der Waals surface area contributed by atoms with Crippen molar-refractivity contribution in [2.75, 3.05) is 7.11 Å². The number of hydrogen-bond donors (Lipinski definition) is 1. The summed E-state index contributed by atoms with van der Waals surface area (Å²) in [5.41, 5.74) is -4.82. The summed E-state index contributed by atoms with van der Waals surface area (Å²) in [6, 6.07) is 0. The number of alkyl halides is 5. The molecule has 1 rings (SSSR count). The number of carboxylic acid groups (broad SMARTS) is 1. The number of ether oxygens (including phenoxy) is 1. The van der Waals surface area contributed by atoms with Crippen LogP contribution in [0.5, 0.6) is 5.75 Å². The van der Waals surface area contributed by atoms with Gasteiger partial charge in [0, 0.05) is 0 Å². The van der Waals surface area contributed by atoms with E-state index in [1.54, 1.807) is 0 Å². The molecule has 1 aromatic heterocycles. The van der Waals surface area contributed by atoms with Gasteiger partial charge in [-0.2, -0.15) is 13.2 Å². The number of aromatic carboxylic acids is 1. The Balaban J connectivity index is 3.71. The number of carboxylic acids is 1. The van der Waals surface area contributed by atoms with Crippen molar-refractivity contribution in [1.29, 1.82) is 0 Å². The summed E-state index contributed by atoms with van der Waals surface area (Å²) in [7, 11) is 0.847. The van der Waals surface area contributed by atoms with Crippen LogP contribution in [0, 0.1) is 0 Å². The van der Waals surface area contributed by atoms with Gasteiger partial charge < -0.3 is 9.84 Å². The van der Waals surface area contributed by atoms with Gasteiger partial charge in [-0.15, -0.1) is 0 Å². The Morgan fingerprint density at radius 1 is 1.44 bits per heavy atom. The van der Waals surface area contributed by atoms with Crippen LogP contribution in [0.25, 0.3) is 0 Å². The van der Waals surface area contributed by atoms with Gasteiger partial charge in [-0.25, -0.2) is 13.6 Å². The number of hydrogen-bond acceptors (Lipinski definition) is 3. The van der Waals surface area contributed by atoms with Gasteiger partial charge in [0.1, 0.15) is 22.6 Å². The molecule has 9 heteroatoms. The fraction of sp³-hybridized carbons (Fsp3) is 0.333. The maximum absolute atomic E-state index is 12.7. The molecule has 18 heavy (non-hydrogen) atoms. The van der Waals surface area contributed by atoms with Crippen molar-refractivity contribution in [3.63, 3.8) is 0 Å². The summed E-state index contributed by atoms with van der Waals surface area (Å²) in [4.78, 5) is 13.7. The van der Waals surface area contributed by atoms with Crippen molar-refractivity contribution in [2.45, 2.75) is 12.6 Å². The number of nitrogens with zero attached hydrogens (tertiary/aromatic N) is 1. The van der Waals surface area contributed by atoms with E-state index in [0.29, 0.717) is 6.20 Å². The zero-order valence-electron chi connectivity index (χ0n) is 8.76. The third-order valence-corrected chi connectivity index (χ3v) is 2.00. The molecule has 100 valence electrons. The zero-order valence-corrected chi connectivity index (χ0v) is 8.76. The quantitative estimate of drug-likeness (QED) is 0.859. The Hall–Kier alpha value is -1.93. The highest BCUT2D eigenvalue weighted by atomic mass is 19.4. The molecule has 1 heterocycles. The van der Waals surface area contributed by atoms with Crippen LogP contribution in [0.4, 0.5) is 22.0 Å². The normalized spacial score (nSPS) is 11.7. The molecule has 1 aromatic rings. The second-order valence-electron chi connectivity index (χ2n) is 3.07. The van der Waals surface area contributed by atoms with Crippen molar-refractivity contribution in [2.24, 2.45) is 0 Å². The predicted octanol–water partition coefficient (Wildman–Crippen LogP) is 2.74. The molecule has 0 fully saturated rings. The topological polar surface area (TPSA) is 59.4 Å². The first-order valence-electron chi connectivity index (χ1n) is 4.35. The van der Waals surface area contributed by atoms with E-state index in [-0.39, 0.29) is 0 Å². The molecule has 0 bridgehead atoms. The van der Waals surface area contributed by atoms with Gasteiger partial charge in [0.25, 0.3) is 6.43 Å². The van der Waals surface area contributed by atoms with E-state index < -0.39 is 41.1 Å². The van der Waals surface area contributed by atoms with Gasteiger partial charge in [0.15, 0.2) is 0 Å². The van der Waals surface area contributed by atoms with Crippen LogP contribution in [0.1, 0.15) is 28.0 Å². The first-order valence-corrected chi connectivity index (χ1v) is 4.35. The maximum atomic E-state index is 12.7. The van der Waals surface area contributed by atoms with Gasteiger partial charge in [-0.3, -0.25) is 4.98 Å². The lowest BCUT2D eigenvalue weighted by atomic mass is 10.0. The number of halogens is 5. The molecule has 0 aliphatic rings. The summed E-state index contributed by atoms with van der Waals surface area (Å²) < 4.78 is 67.3. The van der Waals surface area contributed by atoms with Crippen molar-refractivity contribution in [1.82, 2.24) is 4.98 Å². The van der Waals surface area contributed by atoms with Crippen LogP contribution < -0.4 is 4.74 Å². The number of pyridine rings is 1. The molecule has 0 saturated carbocycles. The van der Waals surface area contributed by atoms with Crippen LogP contribution >= 0.6 is 0 Å². The Kier molecular flexibility index (Phi) is 3.73. The Morgan fingerprint density at radius 3 is 2.33 bits per heavy atom. The van der Waals surface area contributed by atoms with E-state index in [1.165, 1.54) is 0 Å². The Labute approximate surface area is 97.0 Å². The maximum Gasteiger partial charge on any atom is 0.420 e. The molecule has 0 atom stereocenters. The molecule has 1 N–H and O–H groups in total. The van der Waals surface area contributed by atoms with E-state index in [4.69, 9.17) is 5.11 Å². The monoisotopic (exact) mass is 271 g/mol. The molecule has 0 amide bonds. The molecular weight excluding hydrogens is 265 g/mol. The van der Waals surface area contributed by atoms with Crippen LogP contribution in [0.15, 0.2) is 6.20 Å². The highest BCUT2D eigenvalue weighted by Gasteiger charge is 2.42. The lowest BCUT2D eigenvalue weighted by molar-refractivity contribution is -0.139. The highest BCUT2D eigenvalue weighted by molar-refractivity contribution is 5.91. The van der Waals surface area contributed by atoms with Gasteiger partial charge >= 0.3 is 12.1 Å². The zero-order chi connectivity index (χ0) is 14.1. The van der Waals surface area contributed by atoms with E-state index in [2.05, 4.69) is 9.72 Å². The number of carbonyl (C=O) groups is 1. The van der Waals surface area contributed by atoms with E-state index in [1.807, 2.05) is 0 Å². The van der Waals surface area contributed by atoms with Crippen molar-refractivity contribution in [3.05, 3.63) is 23.0 Å². The molecule has 0 saturated heterocycles. The number of methoxy groups -OCH3 is 1. The van der Waals surface area contributed by atoms with E-state index in [0.717, 1.165) is 7.11 Å². The van der Waals surface area contributed by atoms with Crippen molar-refractivity contribution < 1.29 is 36.6 Å². The minimum Gasteiger partial charge on any atom is -0.494 e. The summed E-state index contributed by atoms with van der Waals surface area (Å²) >= 11 is 0. The summed E-state index contributed by atoms with van der Waals surface area (Å²) in [6.45, 7) is 0. The largest absolute Gasteiger partial charge is 0.494 e.